The van der Waals surface area contributed by atoms with Crippen LogP contribution in [0.4, 0.5) is 10.1 Å². The van der Waals surface area contributed by atoms with E-state index in [4.69, 9.17) is 0 Å². The highest BCUT2D eigenvalue weighted by Crippen LogP contribution is 2.33. The average molecular weight is 531 g/mol. The first-order valence-electron chi connectivity index (χ1n) is 9.05. The van der Waals surface area contributed by atoms with Crippen LogP contribution in [0.3, 0.4) is 0 Å². The minimum absolute atomic E-state index is 0.0197. The number of aryl methyl sites for hydroxylation is 2. The van der Waals surface area contributed by atoms with Crippen LogP contribution in [-0.4, -0.2) is 10.5 Å². The molecule has 1 heterocycles. The molecule has 1 N–H and O–H groups in total. The van der Waals surface area contributed by atoms with E-state index in [2.05, 4.69) is 37.2 Å². The van der Waals surface area contributed by atoms with Crippen LogP contribution in [0, 0.1) is 37.9 Å². The summed E-state index contributed by atoms with van der Waals surface area (Å²) in [6, 6.07) is 13.8. The van der Waals surface area contributed by atoms with E-state index in [1.165, 1.54) is 12.1 Å². The fourth-order valence-corrected chi connectivity index (χ4v) is 4.84. The Morgan fingerprint density at radius 3 is 2.27 bits per heavy atom. The number of nitriles is 1. The number of halogens is 3. The van der Waals surface area contributed by atoms with Crippen molar-refractivity contribution in [2.45, 2.75) is 20.8 Å². The Balaban J connectivity index is 1.95. The van der Waals surface area contributed by atoms with Gasteiger partial charge >= 0.3 is 0 Å². The van der Waals surface area contributed by atoms with Crippen LogP contribution < -0.4 is 5.32 Å². The monoisotopic (exact) mass is 529 g/mol. The molecule has 30 heavy (non-hydrogen) atoms. The lowest BCUT2D eigenvalue weighted by Gasteiger charge is -2.11. The Morgan fingerprint density at radius 1 is 1.10 bits per heavy atom. The van der Waals surface area contributed by atoms with Crippen LogP contribution >= 0.6 is 31.9 Å². The summed E-state index contributed by atoms with van der Waals surface area (Å²) in [7, 11) is 0. The summed E-state index contributed by atoms with van der Waals surface area (Å²) in [6.07, 6.45) is 1.56. The number of amides is 1. The molecule has 1 aromatic heterocycles. The minimum Gasteiger partial charge on any atom is -0.319 e. The number of aromatic nitrogens is 1. The van der Waals surface area contributed by atoms with Gasteiger partial charge in [-0.05, 0) is 112 Å². The number of anilines is 1. The molecular formula is C23H18Br2FN3O. The van der Waals surface area contributed by atoms with Gasteiger partial charge in [0.05, 0.1) is 5.69 Å². The number of nitrogens with one attached hydrogen (secondary N) is 1. The third-order valence-corrected chi connectivity index (χ3v) is 5.90. The number of hydrogen-bond donors (Lipinski definition) is 1. The van der Waals surface area contributed by atoms with Crippen molar-refractivity contribution in [1.82, 2.24) is 4.57 Å². The highest BCUT2D eigenvalue weighted by molar-refractivity contribution is 9.11. The van der Waals surface area contributed by atoms with Crippen LogP contribution in [0.5, 0.6) is 0 Å². The molecule has 1 amide bonds. The molecule has 0 saturated heterocycles. The molecule has 3 aromatic rings. The van der Waals surface area contributed by atoms with Crippen molar-refractivity contribution in [2.24, 2.45) is 0 Å². The van der Waals surface area contributed by atoms with Crippen LogP contribution in [0.25, 0.3) is 11.8 Å². The normalized spacial score (nSPS) is 11.3. The van der Waals surface area contributed by atoms with E-state index in [0.29, 0.717) is 5.69 Å². The zero-order chi connectivity index (χ0) is 22.0. The van der Waals surface area contributed by atoms with E-state index in [1.54, 1.807) is 18.2 Å². The topological polar surface area (TPSA) is 57.8 Å². The van der Waals surface area contributed by atoms with E-state index >= 15 is 0 Å². The van der Waals surface area contributed by atoms with E-state index in [0.717, 1.165) is 37.1 Å². The molecule has 0 radical (unpaired) electrons. The first-order chi connectivity index (χ1) is 14.2. The Morgan fingerprint density at radius 2 is 1.70 bits per heavy atom. The largest absolute Gasteiger partial charge is 0.319 e. The van der Waals surface area contributed by atoms with Crippen LogP contribution in [-0.2, 0) is 4.79 Å². The summed E-state index contributed by atoms with van der Waals surface area (Å²) >= 11 is 6.89. The van der Waals surface area contributed by atoms with Crippen LogP contribution in [0.2, 0.25) is 0 Å². The second kappa shape index (κ2) is 8.99. The first-order valence-corrected chi connectivity index (χ1v) is 10.6. The predicted molar refractivity (Wildman–Crippen MR) is 124 cm³/mol. The van der Waals surface area contributed by atoms with Gasteiger partial charge in [0.1, 0.15) is 17.5 Å². The van der Waals surface area contributed by atoms with E-state index in [9.17, 15) is 14.4 Å². The standard InChI is InChI=1S/C23H18Br2FN3O/c1-13-8-20(24)22(21(25)9-13)28-23(30)17(12-27)11-16-10-14(2)29(15(16)3)19-6-4-18(26)5-7-19/h4-11H,1-3H3,(H,28,30)/b17-11+. The maximum Gasteiger partial charge on any atom is 0.266 e. The molecule has 7 heteroatoms. The minimum atomic E-state index is -0.505. The molecule has 0 atom stereocenters. The fraction of sp³-hybridized carbons (Fsp3) is 0.130. The molecule has 0 bridgehead atoms. The van der Waals surface area contributed by atoms with E-state index in [1.807, 2.05) is 49.6 Å². The van der Waals surface area contributed by atoms with Gasteiger partial charge in [0, 0.05) is 26.0 Å². The van der Waals surface area contributed by atoms with Gasteiger partial charge in [0.25, 0.3) is 5.91 Å². The van der Waals surface area contributed by atoms with Gasteiger partial charge in [-0.3, -0.25) is 4.79 Å². The summed E-state index contributed by atoms with van der Waals surface area (Å²) in [5, 5.41) is 12.4. The summed E-state index contributed by atoms with van der Waals surface area (Å²) < 4.78 is 16.7. The highest BCUT2D eigenvalue weighted by atomic mass is 79.9. The lowest BCUT2D eigenvalue weighted by molar-refractivity contribution is -0.112. The molecular weight excluding hydrogens is 513 g/mol. The molecule has 3 rings (SSSR count). The molecule has 4 nitrogen and oxygen atoms in total. The van der Waals surface area contributed by atoms with Gasteiger partial charge in [-0.2, -0.15) is 5.26 Å². The molecule has 0 saturated carbocycles. The number of benzene rings is 2. The fourth-order valence-electron chi connectivity index (χ4n) is 3.23. The second-order valence-electron chi connectivity index (χ2n) is 6.87. The lowest BCUT2D eigenvalue weighted by atomic mass is 10.1. The second-order valence-corrected chi connectivity index (χ2v) is 8.57. The van der Waals surface area contributed by atoms with Gasteiger partial charge in [-0.25, -0.2) is 4.39 Å². The zero-order valence-corrected chi connectivity index (χ0v) is 19.7. The first kappa shape index (κ1) is 22.0. The van der Waals surface area contributed by atoms with Gasteiger partial charge in [0.15, 0.2) is 0 Å². The van der Waals surface area contributed by atoms with Crippen molar-refractivity contribution >= 4 is 49.5 Å². The summed E-state index contributed by atoms with van der Waals surface area (Å²) in [4.78, 5) is 12.8. The summed E-state index contributed by atoms with van der Waals surface area (Å²) in [5.74, 6) is -0.812. The van der Waals surface area contributed by atoms with Crippen molar-refractivity contribution in [3.05, 3.63) is 85.3 Å². The number of rotatable bonds is 4. The third-order valence-electron chi connectivity index (χ3n) is 4.64. The Kier molecular flexibility index (Phi) is 6.59. The maximum atomic E-state index is 13.3. The Bertz CT molecular complexity index is 1180. The molecule has 0 unspecified atom stereocenters. The van der Waals surface area contributed by atoms with Crippen molar-refractivity contribution < 1.29 is 9.18 Å². The van der Waals surface area contributed by atoms with Gasteiger partial charge in [-0.1, -0.05) is 0 Å². The van der Waals surface area contributed by atoms with Crippen LogP contribution in [0.15, 0.2) is 57.0 Å². The number of carbonyl (C=O) groups excluding carboxylic acids is 1. The quantitative estimate of drug-likeness (QED) is 0.304. The highest BCUT2D eigenvalue weighted by Gasteiger charge is 2.16. The molecule has 0 aliphatic heterocycles. The van der Waals surface area contributed by atoms with Gasteiger partial charge < -0.3 is 9.88 Å². The lowest BCUT2D eigenvalue weighted by Crippen LogP contribution is -2.14. The predicted octanol–water partition coefficient (Wildman–Crippen LogP) is 6.61. The molecule has 0 aliphatic carbocycles. The van der Waals surface area contributed by atoms with Crippen molar-refractivity contribution in [1.29, 1.82) is 5.26 Å². The smallest absolute Gasteiger partial charge is 0.266 e. The number of nitrogens with zero attached hydrogens (tertiary/aromatic N) is 2. The molecule has 0 spiro atoms. The van der Waals surface area contributed by atoms with Crippen molar-refractivity contribution in [3.8, 4) is 11.8 Å². The Labute approximate surface area is 191 Å². The number of hydrogen-bond acceptors (Lipinski definition) is 2. The molecule has 2 aromatic carbocycles. The maximum absolute atomic E-state index is 13.3. The van der Waals surface area contributed by atoms with E-state index < -0.39 is 5.91 Å². The summed E-state index contributed by atoms with van der Waals surface area (Å²) in [6.45, 7) is 5.75. The third kappa shape index (κ3) is 4.55. The molecule has 0 aliphatic rings. The molecule has 152 valence electrons. The summed E-state index contributed by atoms with van der Waals surface area (Å²) in [5.41, 5.74) is 4.87. The van der Waals surface area contributed by atoms with Crippen molar-refractivity contribution in [2.75, 3.05) is 5.32 Å². The van der Waals surface area contributed by atoms with Crippen molar-refractivity contribution in [3.63, 3.8) is 0 Å². The SMILES string of the molecule is Cc1cc(Br)c(NC(=O)/C(C#N)=C/c2cc(C)n(-c3ccc(F)cc3)c2C)c(Br)c1. The van der Waals surface area contributed by atoms with Crippen LogP contribution in [0.1, 0.15) is 22.5 Å². The average Bonchev–Trinajstić information content (AvgIpc) is 2.96. The van der Waals surface area contributed by atoms with E-state index in [-0.39, 0.29) is 11.4 Å². The van der Waals surface area contributed by atoms with Gasteiger partial charge in [-0.15, -0.1) is 0 Å². The number of carbonyl (C=O) groups is 1. The zero-order valence-electron chi connectivity index (χ0n) is 16.6. The van der Waals surface area contributed by atoms with Gasteiger partial charge in [0.2, 0.25) is 0 Å². The molecule has 0 fully saturated rings. The Hall–Kier alpha value is -2.69.